The van der Waals surface area contributed by atoms with E-state index in [1.165, 1.54) is 51.7 Å². The summed E-state index contributed by atoms with van der Waals surface area (Å²) in [6.45, 7) is 0. The third kappa shape index (κ3) is 2.32. The number of methoxy groups -OCH3 is 1. The van der Waals surface area contributed by atoms with Gasteiger partial charge >= 0.3 is 0 Å². The molecule has 1 unspecified atom stereocenters. The Morgan fingerprint density at radius 1 is 1.10 bits per heavy atom. The summed E-state index contributed by atoms with van der Waals surface area (Å²) in [5.41, 5.74) is 1.31. The average molecular weight is 280 g/mol. The molecule has 0 aliphatic heterocycles. The van der Waals surface area contributed by atoms with Gasteiger partial charge in [0.1, 0.15) is 0 Å². The van der Waals surface area contributed by atoms with Crippen LogP contribution in [0.25, 0.3) is 0 Å². The van der Waals surface area contributed by atoms with E-state index in [2.05, 4.69) is 0 Å². The van der Waals surface area contributed by atoms with Crippen LogP contribution in [0.1, 0.15) is 62.8 Å². The normalized spacial score (nSPS) is 25.1. The van der Waals surface area contributed by atoms with Crippen molar-refractivity contribution >= 4 is 0 Å². The van der Waals surface area contributed by atoms with Gasteiger partial charge in [-0.25, -0.2) is 4.39 Å². The first-order chi connectivity index (χ1) is 9.65. The van der Waals surface area contributed by atoms with Crippen LogP contribution >= 0.6 is 0 Å². The molecule has 0 saturated heterocycles. The summed E-state index contributed by atoms with van der Waals surface area (Å²) < 4.78 is 32.3. The van der Waals surface area contributed by atoms with Gasteiger partial charge in [-0.3, -0.25) is 0 Å². The second kappa shape index (κ2) is 5.34. The van der Waals surface area contributed by atoms with Crippen molar-refractivity contribution in [1.29, 1.82) is 0 Å². The Morgan fingerprint density at radius 3 is 2.55 bits per heavy atom. The molecule has 0 bridgehead atoms. The van der Waals surface area contributed by atoms with E-state index in [9.17, 15) is 8.78 Å². The van der Waals surface area contributed by atoms with E-state index < -0.39 is 11.6 Å². The largest absolute Gasteiger partial charge is 0.493 e. The molecule has 20 heavy (non-hydrogen) atoms. The summed E-state index contributed by atoms with van der Waals surface area (Å²) in [6.07, 6.45) is 9.99. The zero-order valence-electron chi connectivity index (χ0n) is 12.1. The molecule has 0 aromatic heterocycles. The first kappa shape index (κ1) is 13.8. The van der Waals surface area contributed by atoms with Crippen LogP contribution in [0.2, 0.25) is 0 Å². The lowest BCUT2D eigenvalue weighted by Crippen LogP contribution is -2.20. The molecule has 0 radical (unpaired) electrons. The Labute approximate surface area is 119 Å². The zero-order chi connectivity index (χ0) is 14.2. The first-order valence-electron chi connectivity index (χ1n) is 7.67. The van der Waals surface area contributed by atoms with E-state index in [0.717, 1.165) is 18.4 Å². The van der Waals surface area contributed by atoms with Crippen molar-refractivity contribution in [3.8, 4) is 5.75 Å². The summed E-state index contributed by atoms with van der Waals surface area (Å²) in [4.78, 5) is 0. The number of halogens is 2. The molecule has 1 spiro atoms. The predicted molar refractivity (Wildman–Crippen MR) is 75.0 cm³/mol. The summed E-state index contributed by atoms with van der Waals surface area (Å²) in [5, 5.41) is 0. The second-order valence-electron chi connectivity index (χ2n) is 6.48. The van der Waals surface area contributed by atoms with Gasteiger partial charge in [-0.1, -0.05) is 25.3 Å². The van der Waals surface area contributed by atoms with Crippen LogP contribution in [-0.4, -0.2) is 7.11 Å². The number of benzene rings is 1. The topological polar surface area (TPSA) is 9.23 Å². The van der Waals surface area contributed by atoms with Gasteiger partial charge in [0.05, 0.1) is 7.11 Å². The molecule has 2 aliphatic rings. The van der Waals surface area contributed by atoms with Crippen molar-refractivity contribution in [2.75, 3.05) is 7.11 Å². The zero-order valence-corrected chi connectivity index (χ0v) is 12.1. The molecular formula is C17H22F2O. The molecule has 3 rings (SSSR count). The molecule has 2 aliphatic carbocycles. The van der Waals surface area contributed by atoms with Crippen molar-refractivity contribution in [2.24, 2.45) is 5.41 Å². The van der Waals surface area contributed by atoms with Crippen molar-refractivity contribution in [1.82, 2.24) is 0 Å². The summed E-state index contributed by atoms with van der Waals surface area (Å²) in [7, 11) is 1.42. The molecule has 110 valence electrons. The first-order valence-corrected chi connectivity index (χ1v) is 7.67. The van der Waals surface area contributed by atoms with Crippen LogP contribution in [0.5, 0.6) is 5.75 Å². The standard InChI is InChI=1S/C17H22F2O/c1-20-16-13(5-6-14(18)15(16)19)12-7-10-17(11-12)8-3-2-4-9-17/h5-6,12H,2-4,7-11H2,1H3. The summed E-state index contributed by atoms with van der Waals surface area (Å²) in [5.74, 6) is -1.23. The number of rotatable bonds is 2. The van der Waals surface area contributed by atoms with Crippen molar-refractivity contribution < 1.29 is 13.5 Å². The van der Waals surface area contributed by atoms with Gasteiger partial charge in [-0.15, -0.1) is 0 Å². The molecule has 1 atom stereocenters. The van der Waals surface area contributed by atoms with E-state index in [0.29, 0.717) is 11.3 Å². The second-order valence-corrected chi connectivity index (χ2v) is 6.48. The molecule has 1 aromatic rings. The van der Waals surface area contributed by atoms with Gasteiger partial charge in [-0.05, 0) is 49.5 Å². The molecular weight excluding hydrogens is 258 g/mol. The van der Waals surface area contributed by atoms with Gasteiger partial charge in [0.2, 0.25) is 5.82 Å². The van der Waals surface area contributed by atoms with Gasteiger partial charge < -0.3 is 4.74 Å². The third-order valence-electron chi connectivity index (χ3n) is 5.34. The van der Waals surface area contributed by atoms with E-state index in [1.54, 1.807) is 6.07 Å². The predicted octanol–water partition coefficient (Wildman–Crippen LogP) is 5.19. The Bertz CT molecular complexity index is 492. The molecule has 0 amide bonds. The maximum Gasteiger partial charge on any atom is 0.200 e. The molecule has 2 saturated carbocycles. The molecule has 2 fully saturated rings. The van der Waals surface area contributed by atoms with Crippen molar-refractivity contribution in [3.63, 3.8) is 0 Å². The minimum atomic E-state index is -0.838. The Hall–Kier alpha value is -1.12. The van der Waals surface area contributed by atoms with Gasteiger partial charge in [0.15, 0.2) is 11.6 Å². The van der Waals surface area contributed by atoms with E-state index in [4.69, 9.17) is 4.74 Å². The fraction of sp³-hybridized carbons (Fsp3) is 0.647. The molecule has 1 aromatic carbocycles. The average Bonchev–Trinajstić information content (AvgIpc) is 2.86. The Kier molecular flexibility index (Phi) is 3.70. The lowest BCUT2D eigenvalue weighted by Gasteiger charge is -2.33. The van der Waals surface area contributed by atoms with Crippen LogP contribution in [0.15, 0.2) is 12.1 Å². The quantitative estimate of drug-likeness (QED) is 0.724. The fourth-order valence-electron chi connectivity index (χ4n) is 4.30. The highest BCUT2D eigenvalue weighted by atomic mass is 19.2. The minimum Gasteiger partial charge on any atom is -0.493 e. The van der Waals surface area contributed by atoms with Crippen molar-refractivity contribution in [3.05, 3.63) is 29.3 Å². The maximum absolute atomic E-state index is 13.8. The van der Waals surface area contributed by atoms with Crippen molar-refractivity contribution in [2.45, 2.75) is 57.3 Å². The van der Waals surface area contributed by atoms with Crippen LogP contribution in [0.3, 0.4) is 0 Å². The lowest BCUT2D eigenvalue weighted by atomic mass is 9.72. The maximum atomic E-state index is 13.8. The van der Waals surface area contributed by atoms with Gasteiger partial charge in [0, 0.05) is 5.56 Å². The minimum absolute atomic E-state index is 0.114. The molecule has 1 nitrogen and oxygen atoms in total. The molecule has 0 heterocycles. The van der Waals surface area contributed by atoms with Gasteiger partial charge in [-0.2, -0.15) is 4.39 Å². The van der Waals surface area contributed by atoms with E-state index in [-0.39, 0.29) is 5.75 Å². The molecule has 0 N–H and O–H groups in total. The fourth-order valence-corrected chi connectivity index (χ4v) is 4.30. The van der Waals surface area contributed by atoms with Crippen LogP contribution < -0.4 is 4.74 Å². The summed E-state index contributed by atoms with van der Waals surface area (Å²) >= 11 is 0. The Morgan fingerprint density at radius 2 is 1.85 bits per heavy atom. The van der Waals surface area contributed by atoms with E-state index >= 15 is 0 Å². The SMILES string of the molecule is COc1c(C2CCC3(CCCCC3)C2)ccc(F)c1F. The smallest absolute Gasteiger partial charge is 0.200 e. The Balaban J connectivity index is 1.86. The van der Waals surface area contributed by atoms with Crippen LogP contribution in [-0.2, 0) is 0 Å². The summed E-state index contributed by atoms with van der Waals surface area (Å²) in [6, 6.07) is 2.95. The number of hydrogen-bond donors (Lipinski definition) is 0. The molecule has 3 heteroatoms. The third-order valence-corrected chi connectivity index (χ3v) is 5.34. The highest BCUT2D eigenvalue weighted by Crippen LogP contribution is 2.55. The van der Waals surface area contributed by atoms with E-state index in [1.807, 2.05) is 0 Å². The highest BCUT2D eigenvalue weighted by Gasteiger charge is 2.41. The lowest BCUT2D eigenvalue weighted by molar-refractivity contribution is 0.194. The highest BCUT2D eigenvalue weighted by molar-refractivity contribution is 5.39. The van der Waals surface area contributed by atoms with Crippen LogP contribution in [0.4, 0.5) is 8.78 Å². The number of ether oxygens (including phenoxy) is 1. The van der Waals surface area contributed by atoms with Crippen LogP contribution in [0, 0.1) is 17.0 Å². The number of hydrogen-bond acceptors (Lipinski definition) is 1. The monoisotopic (exact) mass is 280 g/mol. The van der Waals surface area contributed by atoms with Gasteiger partial charge in [0.25, 0.3) is 0 Å².